The van der Waals surface area contributed by atoms with Gasteiger partial charge < -0.3 is 10.6 Å². The quantitative estimate of drug-likeness (QED) is 0.700. The molecule has 1 fully saturated rings. The largest absolute Gasteiger partial charge is 0.339 e. The molecule has 0 aromatic heterocycles. The molecular weight excluding hydrogens is 188 g/mol. The van der Waals surface area contributed by atoms with Crippen LogP contribution >= 0.6 is 0 Å². The van der Waals surface area contributed by atoms with Gasteiger partial charge in [-0.1, -0.05) is 13.0 Å². The number of nitrogens with zero attached hydrogens (tertiary/aromatic N) is 1. The minimum Gasteiger partial charge on any atom is -0.339 e. The smallest absolute Gasteiger partial charge is 0.226 e. The van der Waals surface area contributed by atoms with Gasteiger partial charge in [0.05, 0.1) is 0 Å². The summed E-state index contributed by atoms with van der Waals surface area (Å²) in [7, 11) is 0. The lowest BCUT2D eigenvalue weighted by Crippen LogP contribution is -2.36. The third kappa shape index (κ3) is 3.34. The lowest BCUT2D eigenvalue weighted by Gasteiger charge is -2.23. The number of amides is 1. The maximum atomic E-state index is 12.1. The normalized spacial score (nSPS) is 25.2. The summed E-state index contributed by atoms with van der Waals surface area (Å²) in [4.78, 5) is 14.0. The minimum absolute atomic E-state index is 0.159. The molecule has 1 aliphatic rings. The van der Waals surface area contributed by atoms with Gasteiger partial charge in [0.15, 0.2) is 0 Å². The Hall–Kier alpha value is -0.830. The van der Waals surface area contributed by atoms with Crippen molar-refractivity contribution in [3.05, 3.63) is 12.7 Å². The Morgan fingerprint density at radius 3 is 2.80 bits per heavy atom. The first-order valence-corrected chi connectivity index (χ1v) is 5.84. The van der Waals surface area contributed by atoms with Gasteiger partial charge in [0, 0.05) is 25.0 Å². The van der Waals surface area contributed by atoms with Crippen LogP contribution in [0.1, 0.15) is 32.6 Å². The van der Waals surface area contributed by atoms with Gasteiger partial charge in [-0.15, -0.1) is 6.58 Å². The molecule has 2 unspecified atom stereocenters. The van der Waals surface area contributed by atoms with E-state index < -0.39 is 0 Å². The summed E-state index contributed by atoms with van der Waals surface area (Å²) >= 11 is 0. The molecule has 1 rings (SSSR count). The van der Waals surface area contributed by atoms with Crippen LogP contribution in [-0.4, -0.2) is 29.9 Å². The Morgan fingerprint density at radius 2 is 2.33 bits per heavy atom. The molecule has 15 heavy (non-hydrogen) atoms. The Morgan fingerprint density at radius 1 is 1.60 bits per heavy atom. The molecule has 0 aromatic rings. The molecule has 0 spiro atoms. The molecular formula is C12H22N2O. The van der Waals surface area contributed by atoms with Crippen LogP contribution in [0.15, 0.2) is 12.7 Å². The first-order chi connectivity index (χ1) is 7.19. The zero-order valence-electron chi connectivity index (χ0n) is 9.61. The second-order valence-corrected chi connectivity index (χ2v) is 4.34. The number of hydrogen-bond donors (Lipinski definition) is 1. The molecule has 3 heteroatoms. The van der Waals surface area contributed by atoms with Crippen LogP contribution in [0, 0.1) is 5.92 Å². The lowest BCUT2D eigenvalue weighted by molar-refractivity contribution is -0.134. The van der Waals surface area contributed by atoms with Gasteiger partial charge in [0.2, 0.25) is 5.91 Å². The third-order valence-corrected chi connectivity index (χ3v) is 2.98. The van der Waals surface area contributed by atoms with E-state index in [0.29, 0.717) is 6.54 Å². The first kappa shape index (κ1) is 12.2. The van der Waals surface area contributed by atoms with E-state index in [1.165, 1.54) is 0 Å². The maximum Gasteiger partial charge on any atom is 0.226 e. The zero-order chi connectivity index (χ0) is 11.3. The molecule has 3 nitrogen and oxygen atoms in total. The minimum atomic E-state index is 0.159. The van der Waals surface area contributed by atoms with Crippen molar-refractivity contribution in [2.24, 2.45) is 11.7 Å². The highest BCUT2D eigenvalue weighted by Gasteiger charge is 2.30. The molecule has 2 atom stereocenters. The number of carbonyl (C=O) groups excluding carboxylic acids is 1. The summed E-state index contributed by atoms with van der Waals surface area (Å²) in [6, 6.07) is 0.228. The predicted octanol–water partition coefficient (Wildman–Crippen LogP) is 1.54. The van der Waals surface area contributed by atoms with Gasteiger partial charge in [-0.05, 0) is 25.7 Å². The van der Waals surface area contributed by atoms with Crippen molar-refractivity contribution in [1.29, 1.82) is 0 Å². The maximum absolute atomic E-state index is 12.1. The van der Waals surface area contributed by atoms with Crippen molar-refractivity contribution < 1.29 is 4.79 Å². The molecule has 1 aliphatic carbocycles. The number of hydrogen-bond acceptors (Lipinski definition) is 2. The monoisotopic (exact) mass is 210 g/mol. The van der Waals surface area contributed by atoms with Crippen LogP contribution in [0.5, 0.6) is 0 Å². The van der Waals surface area contributed by atoms with E-state index in [-0.39, 0.29) is 17.9 Å². The van der Waals surface area contributed by atoms with Crippen molar-refractivity contribution in [2.75, 3.05) is 13.1 Å². The van der Waals surface area contributed by atoms with Gasteiger partial charge in [0.1, 0.15) is 0 Å². The Kier molecular flexibility index (Phi) is 4.82. The van der Waals surface area contributed by atoms with E-state index >= 15 is 0 Å². The summed E-state index contributed by atoms with van der Waals surface area (Å²) in [5, 5.41) is 0. The molecule has 0 aliphatic heterocycles. The molecule has 0 heterocycles. The van der Waals surface area contributed by atoms with Crippen molar-refractivity contribution >= 4 is 5.91 Å². The highest BCUT2D eigenvalue weighted by molar-refractivity contribution is 5.79. The fourth-order valence-corrected chi connectivity index (χ4v) is 2.22. The second kappa shape index (κ2) is 5.91. The van der Waals surface area contributed by atoms with Gasteiger partial charge in [-0.3, -0.25) is 4.79 Å². The third-order valence-electron chi connectivity index (χ3n) is 2.98. The molecule has 0 aromatic carbocycles. The molecule has 86 valence electrons. The van der Waals surface area contributed by atoms with Crippen LogP contribution in [0.3, 0.4) is 0 Å². The second-order valence-electron chi connectivity index (χ2n) is 4.34. The van der Waals surface area contributed by atoms with Crippen LogP contribution in [0.4, 0.5) is 0 Å². The van der Waals surface area contributed by atoms with E-state index in [2.05, 4.69) is 13.5 Å². The van der Waals surface area contributed by atoms with Gasteiger partial charge >= 0.3 is 0 Å². The zero-order valence-corrected chi connectivity index (χ0v) is 9.61. The van der Waals surface area contributed by atoms with Crippen molar-refractivity contribution in [2.45, 2.75) is 38.6 Å². The van der Waals surface area contributed by atoms with E-state index in [9.17, 15) is 4.79 Å². The number of rotatable bonds is 5. The van der Waals surface area contributed by atoms with Crippen LogP contribution in [0.25, 0.3) is 0 Å². The van der Waals surface area contributed by atoms with Crippen molar-refractivity contribution in [1.82, 2.24) is 4.90 Å². The fraction of sp³-hybridized carbons (Fsp3) is 0.750. The van der Waals surface area contributed by atoms with Gasteiger partial charge in [-0.2, -0.15) is 0 Å². The average molecular weight is 210 g/mol. The van der Waals surface area contributed by atoms with Crippen molar-refractivity contribution in [3.63, 3.8) is 0 Å². The van der Waals surface area contributed by atoms with E-state index in [0.717, 1.165) is 32.2 Å². The summed E-state index contributed by atoms with van der Waals surface area (Å²) in [5.41, 5.74) is 5.82. The van der Waals surface area contributed by atoms with Crippen LogP contribution in [0.2, 0.25) is 0 Å². The fourth-order valence-electron chi connectivity index (χ4n) is 2.22. The van der Waals surface area contributed by atoms with E-state index in [1.54, 1.807) is 6.08 Å². The van der Waals surface area contributed by atoms with Crippen molar-refractivity contribution in [3.8, 4) is 0 Å². The summed E-state index contributed by atoms with van der Waals surface area (Å²) in [6.07, 6.45) is 5.60. The van der Waals surface area contributed by atoms with E-state index in [1.807, 2.05) is 4.90 Å². The Labute approximate surface area is 92.3 Å². The number of carbonyl (C=O) groups is 1. The lowest BCUT2D eigenvalue weighted by atomic mass is 10.1. The topological polar surface area (TPSA) is 46.3 Å². The predicted molar refractivity (Wildman–Crippen MR) is 62.4 cm³/mol. The van der Waals surface area contributed by atoms with Gasteiger partial charge in [-0.25, -0.2) is 0 Å². The highest BCUT2D eigenvalue weighted by Crippen LogP contribution is 2.26. The van der Waals surface area contributed by atoms with Crippen LogP contribution < -0.4 is 5.73 Å². The number of nitrogens with two attached hydrogens (primary N) is 1. The molecule has 1 saturated carbocycles. The standard InChI is InChI=1S/C12H22N2O/c1-3-7-14(8-4-2)12(15)10-5-6-11(13)9-10/h3,10-11H,1,4-9,13H2,2H3. The summed E-state index contributed by atoms with van der Waals surface area (Å²) in [6.45, 7) is 7.27. The average Bonchev–Trinajstić information content (AvgIpc) is 2.63. The SMILES string of the molecule is C=CCN(CCC)C(=O)C1CCC(N)C1. The Bertz CT molecular complexity index is 228. The summed E-state index contributed by atoms with van der Waals surface area (Å²) in [5.74, 6) is 0.427. The van der Waals surface area contributed by atoms with Crippen LogP contribution in [-0.2, 0) is 4.79 Å². The van der Waals surface area contributed by atoms with Gasteiger partial charge in [0.25, 0.3) is 0 Å². The highest BCUT2D eigenvalue weighted by atomic mass is 16.2. The first-order valence-electron chi connectivity index (χ1n) is 5.84. The Balaban J connectivity index is 2.51. The molecule has 0 bridgehead atoms. The van der Waals surface area contributed by atoms with E-state index in [4.69, 9.17) is 5.73 Å². The summed E-state index contributed by atoms with van der Waals surface area (Å²) < 4.78 is 0. The molecule has 0 radical (unpaired) electrons. The molecule has 0 saturated heterocycles. The molecule has 1 amide bonds. The molecule has 2 N–H and O–H groups in total.